The number of fused-ring (bicyclic) bond motifs is 7. The number of aliphatic hydroxyl groups excluding tert-OH is 1. The molecule has 7 unspecified atom stereocenters. The van der Waals surface area contributed by atoms with Gasteiger partial charge < -0.3 is 19.5 Å². The Morgan fingerprint density at radius 3 is 2.61 bits per heavy atom. The van der Waals surface area contributed by atoms with Crippen LogP contribution in [0.4, 0.5) is 10.4 Å². The zero-order valence-corrected chi connectivity index (χ0v) is 28.2. The van der Waals surface area contributed by atoms with Gasteiger partial charge in [-0.2, -0.15) is 10.1 Å². The molecule has 3 saturated carbocycles. The Hall–Kier alpha value is -3.86. The first-order chi connectivity index (χ1) is 23.6. The Labute approximate surface area is 285 Å². The molecular formula is C39H44FN5O4. The first-order valence-electron chi connectivity index (χ1n) is 17.9. The van der Waals surface area contributed by atoms with Gasteiger partial charge in [0.25, 0.3) is 6.01 Å². The van der Waals surface area contributed by atoms with Gasteiger partial charge in [-0.3, -0.25) is 9.69 Å². The van der Waals surface area contributed by atoms with E-state index < -0.39 is 17.1 Å². The number of aliphatic hydroxyl groups is 2. The molecule has 7 atom stereocenters. The number of rotatable bonds is 5. The number of aromatic nitrogens is 3. The lowest BCUT2D eigenvalue weighted by molar-refractivity contribution is -0.180. The second kappa shape index (κ2) is 11.1. The third kappa shape index (κ3) is 4.63. The van der Waals surface area contributed by atoms with E-state index in [0.29, 0.717) is 45.0 Å². The van der Waals surface area contributed by atoms with Crippen LogP contribution in [0.2, 0.25) is 0 Å². The predicted octanol–water partition coefficient (Wildman–Crippen LogP) is 5.43. The van der Waals surface area contributed by atoms with Gasteiger partial charge in [0, 0.05) is 31.6 Å². The number of hydrogen-bond donors (Lipinski definition) is 2. The molecule has 49 heavy (non-hydrogen) atoms. The molecule has 5 aliphatic rings. The Morgan fingerprint density at radius 2 is 1.84 bits per heavy atom. The van der Waals surface area contributed by atoms with Gasteiger partial charge in [0.2, 0.25) is 0 Å². The van der Waals surface area contributed by atoms with Crippen molar-refractivity contribution in [3.8, 4) is 5.69 Å². The Balaban J connectivity index is 0.910. The fourth-order valence-electron chi connectivity index (χ4n) is 10.9. The molecule has 9 rings (SSSR count). The number of halogens is 1. The number of benzene rings is 2. The van der Waals surface area contributed by atoms with Crippen LogP contribution >= 0.6 is 0 Å². The smallest absolute Gasteiger partial charge is 0.298 e. The van der Waals surface area contributed by atoms with E-state index in [1.807, 2.05) is 35.1 Å². The summed E-state index contributed by atoms with van der Waals surface area (Å²) in [6.45, 7) is 7.33. The van der Waals surface area contributed by atoms with Gasteiger partial charge in [-0.05, 0) is 110 Å². The van der Waals surface area contributed by atoms with E-state index in [9.17, 15) is 19.4 Å². The lowest BCUT2D eigenvalue weighted by atomic mass is 9.45. The molecule has 256 valence electrons. The zero-order chi connectivity index (χ0) is 33.7. The molecule has 1 saturated heterocycles. The number of para-hydroxylation sites is 2. The molecule has 2 N–H and O–H groups in total. The molecule has 1 aliphatic heterocycles. The molecule has 0 radical (unpaired) electrons. The number of oxazole rings is 1. The van der Waals surface area contributed by atoms with Gasteiger partial charge in [0.1, 0.15) is 16.9 Å². The minimum Gasteiger partial charge on any atom is -0.423 e. The van der Waals surface area contributed by atoms with Crippen molar-refractivity contribution in [1.29, 1.82) is 0 Å². The molecular weight excluding hydrogens is 621 g/mol. The van der Waals surface area contributed by atoms with Gasteiger partial charge in [-0.1, -0.05) is 31.6 Å². The summed E-state index contributed by atoms with van der Waals surface area (Å²) in [6.07, 6.45) is 7.79. The Bertz CT molecular complexity index is 1930. The van der Waals surface area contributed by atoms with Gasteiger partial charge >= 0.3 is 0 Å². The van der Waals surface area contributed by atoms with Crippen LogP contribution in [0.1, 0.15) is 57.2 Å². The minimum absolute atomic E-state index is 0.0327. The summed E-state index contributed by atoms with van der Waals surface area (Å²) in [6, 6.07) is 14.8. The lowest BCUT2D eigenvalue weighted by Gasteiger charge is -2.60. The van der Waals surface area contributed by atoms with Crippen molar-refractivity contribution in [2.45, 2.75) is 64.1 Å². The van der Waals surface area contributed by atoms with Gasteiger partial charge in [0.05, 0.1) is 30.2 Å². The highest BCUT2D eigenvalue weighted by Gasteiger charge is 2.68. The van der Waals surface area contributed by atoms with Crippen molar-refractivity contribution in [2.75, 3.05) is 37.6 Å². The number of anilines is 1. The summed E-state index contributed by atoms with van der Waals surface area (Å²) in [5.74, 6) is 0.0178. The van der Waals surface area contributed by atoms with Crippen LogP contribution < -0.4 is 4.90 Å². The maximum atomic E-state index is 14.1. The fourth-order valence-corrected chi connectivity index (χ4v) is 10.9. The van der Waals surface area contributed by atoms with E-state index >= 15 is 0 Å². The molecule has 2 aromatic carbocycles. The van der Waals surface area contributed by atoms with E-state index in [1.165, 1.54) is 17.7 Å². The van der Waals surface area contributed by atoms with Crippen molar-refractivity contribution in [3.63, 3.8) is 0 Å². The van der Waals surface area contributed by atoms with Crippen molar-refractivity contribution in [3.05, 3.63) is 77.4 Å². The molecule has 4 fully saturated rings. The number of allylic oxidation sites excluding steroid dienone is 1. The number of nitrogens with zero attached hydrogens (tertiary/aromatic N) is 5. The summed E-state index contributed by atoms with van der Waals surface area (Å²) in [4.78, 5) is 23.0. The van der Waals surface area contributed by atoms with Crippen LogP contribution in [0, 0.1) is 34.4 Å². The molecule has 4 aromatic rings. The number of carbonyl (C=O) groups is 1. The monoisotopic (exact) mass is 665 g/mol. The van der Waals surface area contributed by atoms with E-state index in [0.717, 1.165) is 53.7 Å². The molecule has 0 bridgehead atoms. The largest absolute Gasteiger partial charge is 0.423 e. The van der Waals surface area contributed by atoms with Crippen LogP contribution in [0.3, 0.4) is 0 Å². The standard InChI is InChI=1S/C39H44FN5O4/c1-37-20-24-22-41-45(27-10-8-26(40)9-11-27)31(24)19-25(37)7-12-28-29-13-14-39(48,38(29,2)21-32(46)35(28)37)34(47)23-43-15-17-44(18-16-43)36-42-30-5-3-4-6-33(30)49-36/h3-6,8-11,19,22,28-29,32,35,46,48H,7,12-18,20-21,23H2,1-2H3. The number of ketones is 1. The first kappa shape index (κ1) is 31.1. The second-order valence-electron chi connectivity index (χ2n) is 15.8. The highest BCUT2D eigenvalue weighted by atomic mass is 19.1. The van der Waals surface area contributed by atoms with E-state index in [-0.39, 0.29) is 41.3 Å². The number of piperazine rings is 1. The summed E-state index contributed by atoms with van der Waals surface area (Å²) in [5.41, 5.74) is 3.52. The number of hydrogen-bond acceptors (Lipinski definition) is 8. The summed E-state index contributed by atoms with van der Waals surface area (Å²) >= 11 is 0. The van der Waals surface area contributed by atoms with Crippen LogP contribution in [0.5, 0.6) is 0 Å². The SMILES string of the molecule is CC12Cc3cnn(-c4ccc(F)cc4)c3C=C1CCC1C2C(O)CC2(C)C1CCC2(O)C(=O)CN1CCN(c2nc3ccccc3o2)CC1. The second-order valence-corrected chi connectivity index (χ2v) is 15.8. The average Bonchev–Trinajstić information content (AvgIpc) is 3.78. The molecule has 0 amide bonds. The van der Waals surface area contributed by atoms with Crippen molar-refractivity contribution in [2.24, 2.45) is 28.6 Å². The zero-order valence-electron chi connectivity index (χ0n) is 28.2. The van der Waals surface area contributed by atoms with E-state index in [1.54, 1.807) is 12.1 Å². The summed E-state index contributed by atoms with van der Waals surface area (Å²) in [7, 11) is 0. The number of carbonyl (C=O) groups excluding carboxylic acids is 1. The highest BCUT2D eigenvalue weighted by molar-refractivity contribution is 5.90. The summed E-state index contributed by atoms with van der Waals surface area (Å²) in [5, 5.41) is 29.1. The molecule has 4 aliphatic carbocycles. The van der Waals surface area contributed by atoms with Crippen molar-refractivity contribution < 1.29 is 23.8 Å². The Morgan fingerprint density at radius 1 is 1.06 bits per heavy atom. The van der Waals surface area contributed by atoms with E-state index in [2.05, 4.69) is 34.7 Å². The first-order valence-corrected chi connectivity index (χ1v) is 17.9. The summed E-state index contributed by atoms with van der Waals surface area (Å²) < 4.78 is 21.5. The normalized spacial score (nSPS) is 34.2. The molecule has 10 heteroatoms. The van der Waals surface area contributed by atoms with Crippen LogP contribution in [-0.4, -0.2) is 80.1 Å². The average molecular weight is 666 g/mol. The van der Waals surface area contributed by atoms with Crippen molar-refractivity contribution >= 4 is 29.0 Å². The highest BCUT2D eigenvalue weighted by Crippen LogP contribution is 2.67. The van der Waals surface area contributed by atoms with Crippen LogP contribution in [0.15, 0.2) is 64.7 Å². The molecule has 9 nitrogen and oxygen atoms in total. The minimum atomic E-state index is -1.46. The molecule has 0 spiro atoms. The van der Waals surface area contributed by atoms with Crippen molar-refractivity contribution in [1.82, 2.24) is 19.7 Å². The van der Waals surface area contributed by atoms with Gasteiger partial charge in [-0.25, -0.2) is 9.07 Å². The Kier molecular flexibility index (Phi) is 7.04. The third-order valence-electron chi connectivity index (χ3n) is 13.4. The quantitative estimate of drug-likeness (QED) is 0.291. The predicted molar refractivity (Wildman–Crippen MR) is 184 cm³/mol. The van der Waals surface area contributed by atoms with Gasteiger partial charge in [0.15, 0.2) is 11.4 Å². The molecule has 3 heterocycles. The maximum Gasteiger partial charge on any atom is 0.298 e. The fraction of sp³-hybridized carbons (Fsp3) is 0.513. The van der Waals surface area contributed by atoms with Crippen LogP contribution in [0.25, 0.3) is 22.9 Å². The molecule has 2 aromatic heterocycles. The number of Topliss-reactive ketones (excluding diaryl/α,β-unsaturated/α-hetero) is 1. The van der Waals surface area contributed by atoms with E-state index in [4.69, 9.17) is 9.52 Å². The third-order valence-corrected chi connectivity index (χ3v) is 13.4. The van der Waals surface area contributed by atoms with Crippen LogP contribution in [-0.2, 0) is 11.2 Å². The topological polar surface area (TPSA) is 108 Å². The lowest BCUT2D eigenvalue weighted by Crippen LogP contribution is -2.63. The maximum absolute atomic E-state index is 14.1. The van der Waals surface area contributed by atoms with Gasteiger partial charge in [-0.15, -0.1) is 0 Å².